The smallest absolute Gasteiger partial charge is 0.230 e. The third-order valence-corrected chi connectivity index (χ3v) is 9.10. The molecule has 0 aromatic heterocycles. The number of unbranched alkanes of at least 4 members (excludes halogenated alkanes) is 4. The molecule has 39 heavy (non-hydrogen) atoms. The fourth-order valence-corrected chi connectivity index (χ4v) is 6.65. The van der Waals surface area contributed by atoms with Crippen molar-refractivity contribution in [3.8, 4) is 0 Å². The van der Waals surface area contributed by atoms with Crippen molar-refractivity contribution in [2.45, 2.75) is 83.2 Å². The lowest BCUT2D eigenvalue weighted by atomic mass is 9.74. The summed E-state index contributed by atoms with van der Waals surface area (Å²) in [5.74, 6) is -2.56. The minimum absolute atomic E-state index is 0.184. The number of anilines is 1. The van der Waals surface area contributed by atoms with E-state index in [1.54, 1.807) is 0 Å². The van der Waals surface area contributed by atoms with Gasteiger partial charge in [0, 0.05) is 36.2 Å². The van der Waals surface area contributed by atoms with Crippen molar-refractivity contribution in [1.29, 1.82) is 0 Å². The number of allylic oxidation sites excluding steroid dienone is 4. The number of amides is 2. The topological polar surface area (TPSA) is 95.9 Å². The number of nitrogens with one attached hydrogen (secondary N) is 1. The Morgan fingerprint density at radius 1 is 1.10 bits per heavy atom. The third kappa shape index (κ3) is 5.62. The predicted octanol–water partition coefficient (Wildman–Crippen LogP) is 4.93. The van der Waals surface area contributed by atoms with E-state index in [1.807, 2.05) is 12.1 Å². The quantitative estimate of drug-likeness (QED) is 0.345. The lowest BCUT2D eigenvalue weighted by Gasteiger charge is -2.37. The van der Waals surface area contributed by atoms with Crippen LogP contribution in [0, 0.1) is 11.8 Å². The second-order valence-corrected chi connectivity index (χ2v) is 11.8. The van der Waals surface area contributed by atoms with Crippen LogP contribution in [0.1, 0.15) is 99.2 Å². The van der Waals surface area contributed by atoms with E-state index in [0.29, 0.717) is 24.3 Å². The number of rotatable bonds is 9. The van der Waals surface area contributed by atoms with E-state index in [0.717, 1.165) is 37.2 Å². The number of nitrogens with zero attached hydrogens (tertiary/aromatic N) is 1. The van der Waals surface area contributed by atoms with Crippen molar-refractivity contribution < 1.29 is 24.2 Å². The van der Waals surface area contributed by atoms with Gasteiger partial charge in [0.05, 0.1) is 31.2 Å². The largest absolute Gasteiger partial charge is 0.388 e. The summed E-state index contributed by atoms with van der Waals surface area (Å²) in [5, 5.41) is 13.7. The average molecular weight is 535 g/mol. The molecule has 7 nitrogen and oxygen atoms in total. The molecule has 2 N–H and O–H groups in total. The summed E-state index contributed by atoms with van der Waals surface area (Å²) in [6.45, 7) is 7.20. The van der Waals surface area contributed by atoms with E-state index < -0.39 is 23.8 Å². The molecule has 1 aromatic carbocycles. The summed E-state index contributed by atoms with van der Waals surface area (Å²) >= 11 is 0. The average Bonchev–Trinajstić information content (AvgIpc) is 3.18. The van der Waals surface area contributed by atoms with Crippen LogP contribution in [0.3, 0.4) is 0 Å². The molecule has 5 rings (SSSR count). The molecule has 2 aliphatic carbocycles. The molecule has 0 radical (unpaired) electrons. The summed E-state index contributed by atoms with van der Waals surface area (Å²) in [7, 11) is 0. The van der Waals surface area contributed by atoms with E-state index >= 15 is 0 Å². The first-order valence-electron chi connectivity index (χ1n) is 14.8. The molecule has 4 atom stereocenters. The SMILES string of the molecule is CCCCCCCC1=CCC(C)(c2cc3c(cc2N2CCOCC2)C(O)C(C2CCC(=O)NC2=O)C3=O)C=C1. The molecule has 0 bridgehead atoms. The maximum atomic E-state index is 13.7. The Hall–Kier alpha value is -2.77. The highest BCUT2D eigenvalue weighted by atomic mass is 16.5. The van der Waals surface area contributed by atoms with Gasteiger partial charge in [0.2, 0.25) is 11.8 Å². The minimum Gasteiger partial charge on any atom is -0.388 e. The first-order valence-corrected chi connectivity index (χ1v) is 14.8. The molecule has 0 saturated carbocycles. The van der Waals surface area contributed by atoms with Crippen molar-refractivity contribution >= 4 is 23.3 Å². The number of aliphatic hydroxyl groups excluding tert-OH is 1. The number of aliphatic hydroxyl groups is 1. The minimum atomic E-state index is -1.07. The number of Topliss-reactive ketones (excluding diaryl/α,β-unsaturated/α-hetero) is 1. The Morgan fingerprint density at radius 2 is 1.87 bits per heavy atom. The van der Waals surface area contributed by atoms with Crippen LogP contribution < -0.4 is 10.2 Å². The van der Waals surface area contributed by atoms with E-state index in [9.17, 15) is 19.5 Å². The van der Waals surface area contributed by atoms with Crippen molar-refractivity contribution in [3.05, 3.63) is 52.6 Å². The second kappa shape index (κ2) is 11.8. The molecule has 4 aliphatic rings. The molecule has 0 spiro atoms. The number of ether oxygens (including phenoxy) is 1. The maximum absolute atomic E-state index is 13.7. The number of piperidine rings is 1. The van der Waals surface area contributed by atoms with Gasteiger partial charge in [0.1, 0.15) is 0 Å². The number of carbonyl (C=O) groups excluding carboxylic acids is 3. The predicted molar refractivity (Wildman–Crippen MR) is 151 cm³/mol. The normalized spacial score (nSPS) is 28.9. The van der Waals surface area contributed by atoms with Gasteiger partial charge in [0.15, 0.2) is 5.78 Å². The Kier molecular flexibility index (Phi) is 8.38. The number of hydrogen-bond acceptors (Lipinski definition) is 6. The highest BCUT2D eigenvalue weighted by Gasteiger charge is 2.48. The van der Waals surface area contributed by atoms with Crippen LogP contribution in [0.4, 0.5) is 5.69 Å². The first kappa shape index (κ1) is 27.8. The first-order chi connectivity index (χ1) is 18.8. The zero-order valence-corrected chi connectivity index (χ0v) is 23.3. The van der Waals surface area contributed by atoms with Crippen LogP contribution in [0.25, 0.3) is 0 Å². The van der Waals surface area contributed by atoms with Crippen LogP contribution >= 0.6 is 0 Å². The molecule has 4 unspecified atom stereocenters. The van der Waals surface area contributed by atoms with Crippen molar-refractivity contribution in [2.24, 2.45) is 11.8 Å². The lowest BCUT2D eigenvalue weighted by molar-refractivity contribution is -0.138. The molecule has 1 aromatic rings. The maximum Gasteiger partial charge on any atom is 0.230 e. The van der Waals surface area contributed by atoms with E-state index in [1.165, 1.54) is 37.7 Å². The highest BCUT2D eigenvalue weighted by Crippen LogP contribution is 2.48. The van der Waals surface area contributed by atoms with Gasteiger partial charge in [-0.2, -0.15) is 0 Å². The van der Waals surface area contributed by atoms with Crippen LogP contribution in [0.2, 0.25) is 0 Å². The number of hydrogen-bond donors (Lipinski definition) is 2. The van der Waals surface area contributed by atoms with Crippen LogP contribution in [0.15, 0.2) is 35.9 Å². The van der Waals surface area contributed by atoms with Gasteiger partial charge in [-0.3, -0.25) is 19.7 Å². The molecule has 2 aliphatic heterocycles. The molecular weight excluding hydrogens is 492 g/mol. The van der Waals surface area contributed by atoms with E-state index in [2.05, 4.69) is 42.3 Å². The number of morpholine rings is 1. The van der Waals surface area contributed by atoms with Crippen LogP contribution in [0.5, 0.6) is 0 Å². The fourth-order valence-electron chi connectivity index (χ4n) is 6.65. The van der Waals surface area contributed by atoms with Crippen molar-refractivity contribution in [2.75, 3.05) is 31.2 Å². The molecule has 210 valence electrons. The van der Waals surface area contributed by atoms with Gasteiger partial charge in [0.25, 0.3) is 0 Å². The Labute approximate surface area is 231 Å². The number of ketones is 1. The van der Waals surface area contributed by atoms with E-state index in [4.69, 9.17) is 4.74 Å². The lowest BCUT2D eigenvalue weighted by Crippen LogP contribution is -2.45. The van der Waals surface area contributed by atoms with E-state index in [-0.39, 0.29) is 29.9 Å². The summed E-state index contributed by atoms with van der Waals surface area (Å²) in [5.41, 5.74) is 4.27. The highest BCUT2D eigenvalue weighted by molar-refractivity contribution is 6.08. The molecular formula is C32H42N2O5. The zero-order valence-electron chi connectivity index (χ0n) is 23.3. The molecule has 2 saturated heterocycles. The third-order valence-electron chi connectivity index (χ3n) is 9.10. The summed E-state index contributed by atoms with van der Waals surface area (Å²) in [4.78, 5) is 40.4. The van der Waals surface area contributed by atoms with Gasteiger partial charge in [-0.15, -0.1) is 0 Å². The molecule has 2 heterocycles. The standard InChI is InChI=1S/C32H42N2O5/c1-3-4-5-6-7-8-21-11-13-32(2,14-12-21)25-19-23-24(20-26(25)34-15-17-39-18-16-34)30(37)28(29(23)36)22-9-10-27(35)33-31(22)38/h11-13,19-20,22,28,30,37H,3-10,14-18H2,1-2H3,(H,33,35,38). The number of benzene rings is 1. The van der Waals surface area contributed by atoms with Crippen LogP contribution in [-0.4, -0.2) is 49.0 Å². The summed E-state index contributed by atoms with van der Waals surface area (Å²) < 4.78 is 5.61. The Balaban J connectivity index is 1.44. The Morgan fingerprint density at radius 3 is 2.56 bits per heavy atom. The molecule has 2 fully saturated rings. The monoisotopic (exact) mass is 534 g/mol. The van der Waals surface area contributed by atoms with Crippen molar-refractivity contribution in [1.82, 2.24) is 5.32 Å². The second-order valence-electron chi connectivity index (χ2n) is 11.8. The number of fused-ring (bicyclic) bond motifs is 1. The van der Waals surface area contributed by atoms with Gasteiger partial charge < -0.3 is 14.7 Å². The molecule has 2 amide bonds. The zero-order chi connectivity index (χ0) is 27.6. The van der Waals surface area contributed by atoms with Gasteiger partial charge in [-0.25, -0.2) is 0 Å². The van der Waals surface area contributed by atoms with Gasteiger partial charge >= 0.3 is 0 Å². The summed E-state index contributed by atoms with van der Waals surface area (Å²) in [6.07, 6.45) is 14.5. The van der Waals surface area contributed by atoms with Crippen molar-refractivity contribution in [3.63, 3.8) is 0 Å². The Bertz CT molecular complexity index is 1180. The van der Waals surface area contributed by atoms with Gasteiger partial charge in [-0.05, 0) is 48.9 Å². The number of imide groups is 1. The summed E-state index contributed by atoms with van der Waals surface area (Å²) in [6, 6.07) is 3.96. The fraction of sp³-hybridized carbons (Fsp3) is 0.594. The van der Waals surface area contributed by atoms with Crippen LogP contribution in [-0.2, 0) is 19.7 Å². The molecule has 7 heteroatoms. The van der Waals surface area contributed by atoms with Gasteiger partial charge in [-0.1, -0.05) is 63.3 Å². The number of carbonyl (C=O) groups is 3.